The average Bonchev–Trinajstić information content (AvgIpc) is 3.18. The number of hydrogen-bond acceptors (Lipinski definition) is 8. The number of aryl methyl sites for hydroxylation is 1. The van der Waals surface area contributed by atoms with Gasteiger partial charge in [-0.05, 0) is 31.2 Å². The van der Waals surface area contributed by atoms with Gasteiger partial charge in [0.1, 0.15) is 5.82 Å². The van der Waals surface area contributed by atoms with Crippen molar-refractivity contribution in [3.8, 4) is 10.6 Å². The van der Waals surface area contributed by atoms with Crippen LogP contribution in [0.3, 0.4) is 0 Å². The zero-order valence-corrected chi connectivity index (χ0v) is 19.6. The van der Waals surface area contributed by atoms with Crippen molar-refractivity contribution in [2.45, 2.75) is 40.2 Å². The Hall–Kier alpha value is -2.42. The molecule has 0 unspecified atom stereocenters. The molecule has 3 aromatic heterocycles. The first-order chi connectivity index (χ1) is 15.0. The molecule has 1 fully saturated rings. The fourth-order valence-electron chi connectivity index (χ4n) is 3.68. The molecule has 0 atom stereocenters. The lowest BCUT2D eigenvalue weighted by Crippen LogP contribution is -2.45. The van der Waals surface area contributed by atoms with Gasteiger partial charge in [-0.3, -0.25) is 4.90 Å². The van der Waals surface area contributed by atoms with Crippen LogP contribution in [-0.4, -0.2) is 62.5 Å². The summed E-state index contributed by atoms with van der Waals surface area (Å²) in [7, 11) is 0. The summed E-state index contributed by atoms with van der Waals surface area (Å²) < 4.78 is 0. The summed E-state index contributed by atoms with van der Waals surface area (Å²) in [5.74, 6) is 1.71. The van der Waals surface area contributed by atoms with Crippen LogP contribution in [0.25, 0.3) is 10.6 Å². The lowest BCUT2D eigenvalue weighted by atomic mass is 10.2. The van der Waals surface area contributed by atoms with Crippen LogP contribution < -0.4 is 5.32 Å². The first-order valence-corrected chi connectivity index (χ1v) is 11.8. The monoisotopic (exact) mass is 437 g/mol. The molecule has 4 rings (SSSR count). The normalized spacial score (nSPS) is 15.5. The van der Waals surface area contributed by atoms with Crippen LogP contribution >= 0.6 is 11.3 Å². The fraction of sp³-hybridized carbons (Fsp3) is 0.478. The molecule has 0 saturated carbocycles. The van der Waals surface area contributed by atoms with E-state index in [1.165, 1.54) is 5.56 Å². The van der Waals surface area contributed by atoms with Crippen LogP contribution in [0.5, 0.6) is 0 Å². The van der Waals surface area contributed by atoms with Gasteiger partial charge in [0.15, 0.2) is 0 Å². The Bertz CT molecular complexity index is 991. The zero-order valence-electron chi connectivity index (χ0n) is 18.8. The minimum Gasteiger partial charge on any atom is -0.309 e. The van der Waals surface area contributed by atoms with Crippen molar-refractivity contribution in [1.82, 2.24) is 29.7 Å². The summed E-state index contributed by atoms with van der Waals surface area (Å²) in [4.78, 5) is 24.4. The minimum atomic E-state index is 0.412. The van der Waals surface area contributed by atoms with E-state index in [9.17, 15) is 0 Å². The molecule has 1 aliphatic heterocycles. The van der Waals surface area contributed by atoms with E-state index in [0.717, 1.165) is 66.4 Å². The molecule has 0 radical (unpaired) electrons. The van der Waals surface area contributed by atoms with Crippen LogP contribution in [0.1, 0.15) is 43.0 Å². The smallest absolute Gasteiger partial charge is 0.228 e. The molecular weight excluding hydrogens is 406 g/mol. The first kappa shape index (κ1) is 21.8. The topological polar surface area (TPSA) is 70.1 Å². The van der Waals surface area contributed by atoms with Gasteiger partial charge >= 0.3 is 0 Å². The van der Waals surface area contributed by atoms with Gasteiger partial charge in [0.05, 0.1) is 21.3 Å². The van der Waals surface area contributed by atoms with Gasteiger partial charge in [0.25, 0.3) is 0 Å². The Labute approximate surface area is 188 Å². The summed E-state index contributed by atoms with van der Waals surface area (Å²) in [5, 5.41) is 4.37. The summed E-state index contributed by atoms with van der Waals surface area (Å²) >= 11 is 1.70. The molecule has 1 aliphatic rings. The van der Waals surface area contributed by atoms with E-state index in [0.29, 0.717) is 11.9 Å². The van der Waals surface area contributed by atoms with Gasteiger partial charge < -0.3 is 10.2 Å². The Morgan fingerprint density at radius 3 is 2.45 bits per heavy atom. The minimum absolute atomic E-state index is 0.412. The highest BCUT2D eigenvalue weighted by Crippen LogP contribution is 2.32. The van der Waals surface area contributed by atoms with Crippen molar-refractivity contribution < 1.29 is 0 Å². The van der Waals surface area contributed by atoms with Gasteiger partial charge in [0, 0.05) is 51.0 Å². The highest BCUT2D eigenvalue weighted by Gasteiger charge is 2.16. The van der Waals surface area contributed by atoms with E-state index in [2.05, 4.69) is 56.9 Å². The number of pyridine rings is 1. The molecule has 0 amide bonds. The largest absolute Gasteiger partial charge is 0.309 e. The number of piperazine rings is 1. The third-order valence-electron chi connectivity index (χ3n) is 5.58. The number of rotatable bonds is 7. The van der Waals surface area contributed by atoms with Gasteiger partial charge in [-0.2, -0.15) is 0 Å². The van der Waals surface area contributed by atoms with Crippen molar-refractivity contribution in [2.24, 2.45) is 0 Å². The lowest BCUT2D eigenvalue weighted by molar-refractivity contribution is 0.132. The second kappa shape index (κ2) is 9.80. The van der Waals surface area contributed by atoms with Crippen LogP contribution in [0.4, 0.5) is 11.8 Å². The molecule has 8 heteroatoms. The molecule has 7 nitrogen and oxygen atoms in total. The zero-order chi connectivity index (χ0) is 21.8. The van der Waals surface area contributed by atoms with Gasteiger partial charge in [0.2, 0.25) is 5.95 Å². The number of nitrogens with zero attached hydrogens (tertiary/aromatic N) is 6. The molecule has 31 heavy (non-hydrogen) atoms. The van der Waals surface area contributed by atoms with Gasteiger partial charge in [-0.25, -0.2) is 19.9 Å². The summed E-state index contributed by atoms with van der Waals surface area (Å²) in [6.07, 6.45) is 3.73. The number of nitrogens with one attached hydrogen (secondary N) is 1. The number of likely N-dealkylation sites (N-methyl/N-ethyl adjacent to an activating group) is 1. The molecule has 164 valence electrons. The van der Waals surface area contributed by atoms with E-state index in [1.54, 1.807) is 17.5 Å². The highest BCUT2D eigenvalue weighted by molar-refractivity contribution is 7.15. The maximum Gasteiger partial charge on any atom is 0.228 e. The molecule has 0 bridgehead atoms. The third-order valence-corrected chi connectivity index (χ3v) is 7.06. The van der Waals surface area contributed by atoms with Crippen molar-refractivity contribution in [3.63, 3.8) is 0 Å². The number of aromatic nitrogens is 4. The van der Waals surface area contributed by atoms with E-state index < -0.39 is 0 Å². The van der Waals surface area contributed by atoms with E-state index >= 15 is 0 Å². The molecular formula is C23H31N7S. The summed E-state index contributed by atoms with van der Waals surface area (Å²) in [5.41, 5.74) is 3.13. The average molecular weight is 438 g/mol. The van der Waals surface area contributed by atoms with E-state index in [-0.39, 0.29) is 0 Å². The van der Waals surface area contributed by atoms with E-state index in [1.807, 2.05) is 25.3 Å². The quantitative estimate of drug-likeness (QED) is 0.591. The highest BCUT2D eigenvalue weighted by atomic mass is 32.1. The van der Waals surface area contributed by atoms with Crippen molar-refractivity contribution >= 4 is 23.1 Å². The maximum absolute atomic E-state index is 4.70. The molecule has 0 aliphatic carbocycles. The molecule has 0 aromatic carbocycles. The van der Waals surface area contributed by atoms with Crippen LogP contribution in [0, 0.1) is 6.92 Å². The van der Waals surface area contributed by atoms with E-state index in [4.69, 9.17) is 4.98 Å². The number of thiazole rings is 1. The van der Waals surface area contributed by atoms with Crippen molar-refractivity contribution in [2.75, 3.05) is 38.0 Å². The van der Waals surface area contributed by atoms with Crippen LogP contribution in [-0.2, 0) is 6.54 Å². The first-order valence-electron chi connectivity index (χ1n) is 11.0. The Morgan fingerprint density at radius 2 is 1.81 bits per heavy atom. The Balaban J connectivity index is 1.40. The maximum atomic E-state index is 4.70. The predicted octanol–water partition coefficient (Wildman–Crippen LogP) is 4.31. The molecule has 3 aromatic rings. The second-order valence-electron chi connectivity index (χ2n) is 8.27. The molecule has 1 N–H and O–H groups in total. The van der Waals surface area contributed by atoms with Crippen LogP contribution in [0.2, 0.25) is 0 Å². The van der Waals surface area contributed by atoms with Gasteiger partial charge in [-0.15, -0.1) is 11.3 Å². The Morgan fingerprint density at radius 1 is 1.03 bits per heavy atom. The Kier molecular flexibility index (Phi) is 6.89. The van der Waals surface area contributed by atoms with Crippen molar-refractivity contribution in [3.05, 3.63) is 46.9 Å². The molecule has 4 heterocycles. The summed E-state index contributed by atoms with van der Waals surface area (Å²) in [6.45, 7) is 15.2. The fourth-order valence-corrected chi connectivity index (χ4v) is 4.71. The molecule has 1 saturated heterocycles. The van der Waals surface area contributed by atoms with Gasteiger partial charge in [-0.1, -0.05) is 26.8 Å². The second-order valence-corrected chi connectivity index (χ2v) is 9.30. The van der Waals surface area contributed by atoms with Crippen molar-refractivity contribution in [1.29, 1.82) is 0 Å². The number of anilines is 2. The number of hydrogen-bond donors (Lipinski definition) is 1. The molecule has 0 spiro atoms. The van der Waals surface area contributed by atoms with Crippen LogP contribution in [0.15, 0.2) is 30.6 Å². The standard InChI is InChI=1S/C23H31N7S/c1-5-29-10-12-30(13-11-29)15-18-6-7-20(25-14-18)28-23-24-9-8-19(27-23)21-17(4)26-22(31-21)16(2)3/h6-9,14,16H,5,10-13,15H2,1-4H3,(H,24,25,27,28). The lowest BCUT2D eigenvalue weighted by Gasteiger charge is -2.33. The predicted molar refractivity (Wildman–Crippen MR) is 127 cm³/mol. The SMILES string of the molecule is CCN1CCN(Cc2ccc(Nc3nccc(-c4sc(C(C)C)nc4C)n3)nc2)CC1. The summed E-state index contributed by atoms with van der Waals surface area (Å²) in [6, 6.07) is 6.07. The third kappa shape index (κ3) is 5.44.